The fourth-order valence-corrected chi connectivity index (χ4v) is 3.51. The number of rotatable bonds is 5. The maximum atomic E-state index is 13.0. The lowest BCUT2D eigenvalue weighted by Gasteiger charge is -2.29. The second kappa shape index (κ2) is 7.37. The van der Waals surface area contributed by atoms with Crippen LogP contribution in [-0.4, -0.2) is 17.4 Å². The van der Waals surface area contributed by atoms with Gasteiger partial charge in [-0.15, -0.1) is 0 Å². The monoisotopic (exact) mass is 330 g/mol. The van der Waals surface area contributed by atoms with Crippen LogP contribution < -0.4 is 10.6 Å². The van der Waals surface area contributed by atoms with Crippen LogP contribution >= 0.6 is 0 Å². The minimum Gasteiger partial charge on any atom is -0.351 e. The van der Waals surface area contributed by atoms with Crippen LogP contribution in [0, 0.1) is 5.41 Å². The molecular weight excluding hydrogens is 300 g/mol. The van der Waals surface area contributed by atoms with Crippen LogP contribution in [0.2, 0.25) is 0 Å². The number of benzene rings is 1. The lowest BCUT2D eigenvalue weighted by atomic mass is 9.81. The molecule has 0 heterocycles. The van der Waals surface area contributed by atoms with Crippen molar-refractivity contribution >= 4 is 17.5 Å². The van der Waals surface area contributed by atoms with Crippen molar-refractivity contribution in [1.29, 1.82) is 0 Å². The van der Waals surface area contributed by atoms with Crippen LogP contribution in [0.1, 0.15) is 65.4 Å². The smallest absolute Gasteiger partial charge is 0.231 e. The predicted molar refractivity (Wildman–Crippen MR) is 97.9 cm³/mol. The molecule has 1 aliphatic carbocycles. The molecule has 0 saturated heterocycles. The van der Waals surface area contributed by atoms with Crippen LogP contribution in [0.5, 0.6) is 0 Å². The SMILES string of the molecule is CCc1ccccc1NC(=O)C1(CC(=O)NC(C)(C)C)CCCC1. The van der Waals surface area contributed by atoms with Crippen molar-refractivity contribution in [3.05, 3.63) is 29.8 Å². The highest BCUT2D eigenvalue weighted by molar-refractivity contribution is 5.98. The van der Waals surface area contributed by atoms with Gasteiger partial charge in [0.2, 0.25) is 11.8 Å². The molecule has 1 fully saturated rings. The van der Waals surface area contributed by atoms with E-state index in [-0.39, 0.29) is 23.8 Å². The van der Waals surface area contributed by atoms with E-state index < -0.39 is 5.41 Å². The Morgan fingerprint density at radius 2 is 1.75 bits per heavy atom. The Hall–Kier alpha value is -1.84. The van der Waals surface area contributed by atoms with Gasteiger partial charge in [0, 0.05) is 17.6 Å². The molecule has 2 amide bonds. The van der Waals surface area contributed by atoms with Gasteiger partial charge in [-0.1, -0.05) is 38.0 Å². The Morgan fingerprint density at radius 3 is 2.33 bits per heavy atom. The van der Waals surface area contributed by atoms with Gasteiger partial charge >= 0.3 is 0 Å². The molecule has 0 aromatic heterocycles. The first-order chi connectivity index (χ1) is 11.3. The van der Waals surface area contributed by atoms with Crippen molar-refractivity contribution < 1.29 is 9.59 Å². The average Bonchev–Trinajstić information content (AvgIpc) is 2.95. The first-order valence-electron chi connectivity index (χ1n) is 8.96. The number of nitrogens with one attached hydrogen (secondary N) is 2. The van der Waals surface area contributed by atoms with Gasteiger partial charge in [0.1, 0.15) is 0 Å². The molecule has 2 N–H and O–H groups in total. The largest absolute Gasteiger partial charge is 0.351 e. The third-order valence-corrected chi connectivity index (χ3v) is 4.70. The summed E-state index contributed by atoms with van der Waals surface area (Å²) in [5, 5.41) is 6.09. The number of hydrogen-bond donors (Lipinski definition) is 2. The fourth-order valence-electron chi connectivity index (χ4n) is 3.51. The Morgan fingerprint density at radius 1 is 1.12 bits per heavy atom. The number of carbonyl (C=O) groups is 2. The molecule has 0 spiro atoms. The first-order valence-corrected chi connectivity index (χ1v) is 8.96. The van der Waals surface area contributed by atoms with Crippen molar-refractivity contribution in [3.63, 3.8) is 0 Å². The van der Waals surface area contributed by atoms with Crippen molar-refractivity contribution in [1.82, 2.24) is 5.32 Å². The Bertz CT molecular complexity index is 596. The second-order valence-electron chi connectivity index (χ2n) is 7.93. The molecule has 24 heavy (non-hydrogen) atoms. The van der Waals surface area contributed by atoms with Crippen LogP contribution in [0.4, 0.5) is 5.69 Å². The highest BCUT2D eigenvalue weighted by Gasteiger charge is 2.43. The molecule has 0 bridgehead atoms. The lowest BCUT2D eigenvalue weighted by molar-refractivity contribution is -0.133. The Balaban J connectivity index is 2.14. The van der Waals surface area contributed by atoms with E-state index in [2.05, 4.69) is 17.6 Å². The van der Waals surface area contributed by atoms with Crippen LogP contribution in [0.15, 0.2) is 24.3 Å². The van der Waals surface area contributed by atoms with Gasteiger partial charge in [-0.2, -0.15) is 0 Å². The number of aryl methyl sites for hydroxylation is 1. The molecule has 0 aliphatic heterocycles. The molecule has 132 valence electrons. The summed E-state index contributed by atoms with van der Waals surface area (Å²) < 4.78 is 0. The van der Waals surface area contributed by atoms with E-state index >= 15 is 0 Å². The van der Waals surface area contributed by atoms with Gasteiger partial charge in [0.15, 0.2) is 0 Å². The minimum absolute atomic E-state index is 0.00930. The molecule has 1 aromatic carbocycles. The van der Waals surface area contributed by atoms with E-state index in [1.807, 2.05) is 45.0 Å². The number of carbonyl (C=O) groups excluding carboxylic acids is 2. The second-order valence-corrected chi connectivity index (χ2v) is 7.93. The number of amides is 2. The predicted octanol–water partition coefficient (Wildman–Crippen LogP) is 4.05. The van der Waals surface area contributed by atoms with Gasteiger partial charge in [-0.05, 0) is 51.7 Å². The third kappa shape index (κ3) is 4.59. The summed E-state index contributed by atoms with van der Waals surface area (Å²) >= 11 is 0. The van der Waals surface area contributed by atoms with Gasteiger partial charge in [0.25, 0.3) is 0 Å². The Labute approximate surface area is 145 Å². The molecule has 4 heteroatoms. The highest BCUT2D eigenvalue weighted by Crippen LogP contribution is 2.42. The first kappa shape index (κ1) is 18.5. The maximum absolute atomic E-state index is 13.0. The summed E-state index contributed by atoms with van der Waals surface area (Å²) in [6, 6.07) is 7.89. The Kier molecular flexibility index (Phi) is 5.68. The molecule has 1 aliphatic rings. The molecule has 1 saturated carbocycles. The molecule has 4 nitrogen and oxygen atoms in total. The summed E-state index contributed by atoms with van der Waals surface area (Å²) in [7, 11) is 0. The van der Waals surface area contributed by atoms with Crippen LogP contribution in [-0.2, 0) is 16.0 Å². The minimum atomic E-state index is -0.573. The molecule has 0 radical (unpaired) electrons. The maximum Gasteiger partial charge on any atom is 0.231 e. The van der Waals surface area contributed by atoms with Gasteiger partial charge in [-0.3, -0.25) is 9.59 Å². The molecule has 2 rings (SSSR count). The number of para-hydroxylation sites is 1. The van der Waals surface area contributed by atoms with Crippen molar-refractivity contribution in [2.45, 2.75) is 71.8 Å². The van der Waals surface area contributed by atoms with Gasteiger partial charge in [0.05, 0.1) is 5.41 Å². The quantitative estimate of drug-likeness (QED) is 0.855. The van der Waals surface area contributed by atoms with E-state index in [0.717, 1.165) is 43.4 Å². The van der Waals surface area contributed by atoms with E-state index in [1.165, 1.54) is 0 Å². The molecule has 0 atom stereocenters. The summed E-state index contributed by atoms with van der Waals surface area (Å²) in [5.41, 5.74) is 1.14. The molecule has 1 aromatic rings. The van der Waals surface area contributed by atoms with E-state index in [0.29, 0.717) is 0 Å². The summed E-state index contributed by atoms with van der Waals surface area (Å²) in [5.74, 6) is -0.0479. The zero-order valence-electron chi connectivity index (χ0n) is 15.4. The van der Waals surface area contributed by atoms with Gasteiger partial charge in [-0.25, -0.2) is 0 Å². The molecule has 0 unspecified atom stereocenters. The third-order valence-electron chi connectivity index (χ3n) is 4.70. The van der Waals surface area contributed by atoms with Gasteiger partial charge < -0.3 is 10.6 Å². The number of hydrogen-bond acceptors (Lipinski definition) is 2. The van der Waals surface area contributed by atoms with Crippen molar-refractivity contribution in [2.24, 2.45) is 5.41 Å². The van der Waals surface area contributed by atoms with E-state index in [9.17, 15) is 9.59 Å². The average molecular weight is 330 g/mol. The normalized spacial score (nSPS) is 16.7. The van der Waals surface area contributed by atoms with Crippen molar-refractivity contribution in [2.75, 3.05) is 5.32 Å². The number of anilines is 1. The standard InChI is InChI=1S/C20H30N2O2/c1-5-15-10-6-7-11-16(15)21-18(24)20(12-8-9-13-20)14-17(23)22-19(2,3)4/h6-7,10-11H,5,8-9,12-14H2,1-4H3,(H,21,24)(H,22,23). The summed E-state index contributed by atoms with van der Waals surface area (Å²) in [6.45, 7) is 7.96. The fraction of sp³-hybridized carbons (Fsp3) is 0.600. The zero-order chi connectivity index (χ0) is 17.8. The van der Waals surface area contributed by atoms with E-state index in [1.54, 1.807) is 0 Å². The molecular formula is C20H30N2O2. The lowest BCUT2D eigenvalue weighted by Crippen LogP contribution is -2.45. The zero-order valence-corrected chi connectivity index (χ0v) is 15.4. The summed E-state index contributed by atoms with van der Waals surface area (Å²) in [6.07, 6.45) is 4.71. The van der Waals surface area contributed by atoms with Crippen molar-refractivity contribution in [3.8, 4) is 0 Å². The topological polar surface area (TPSA) is 58.2 Å². The summed E-state index contributed by atoms with van der Waals surface area (Å²) in [4.78, 5) is 25.4. The highest BCUT2D eigenvalue weighted by atomic mass is 16.2. The van der Waals surface area contributed by atoms with E-state index in [4.69, 9.17) is 0 Å². The van der Waals surface area contributed by atoms with Crippen LogP contribution in [0.25, 0.3) is 0 Å². The van der Waals surface area contributed by atoms with Crippen LogP contribution in [0.3, 0.4) is 0 Å².